The molecule has 0 aliphatic carbocycles. The summed E-state index contributed by atoms with van der Waals surface area (Å²) in [5.41, 5.74) is 0. The Bertz CT molecular complexity index is 35.4. The quantitative estimate of drug-likeness (QED) is 0.354. The average molecular weight is 122 g/mol. The fraction of sp³-hybridized carbons (Fsp3) is 0.857. The van der Waals surface area contributed by atoms with Crippen LogP contribution in [0.1, 0.15) is 33.6 Å². The predicted molar refractivity (Wildman–Crippen MR) is 34.0 cm³/mol. The minimum atomic E-state index is 0. The van der Waals surface area contributed by atoms with Gasteiger partial charge in [0.1, 0.15) is 0 Å². The topological polar surface area (TPSA) is 0 Å². The molecule has 0 aromatic rings. The maximum absolute atomic E-state index is 2.25. The maximum atomic E-state index is 2.25. The van der Waals surface area contributed by atoms with Gasteiger partial charge in [-0.15, -0.1) is 0 Å². The van der Waals surface area contributed by atoms with E-state index < -0.39 is 0 Å². The van der Waals surface area contributed by atoms with Crippen LogP contribution in [-0.4, -0.2) is 0 Å². The Labute approximate surface area is 75.3 Å². The zero-order valence-corrected chi connectivity index (χ0v) is 8.57. The molecule has 0 saturated carbocycles. The van der Waals surface area contributed by atoms with Crippen molar-refractivity contribution in [2.75, 3.05) is 0 Å². The molecule has 0 aromatic carbocycles. The first-order valence-corrected chi connectivity index (χ1v) is 3.10. The maximum Gasteiger partial charge on any atom is 1.00 e. The van der Waals surface area contributed by atoms with Gasteiger partial charge in [0.2, 0.25) is 0 Å². The van der Waals surface area contributed by atoms with Gasteiger partial charge in [0.25, 0.3) is 0 Å². The second-order valence-electron chi connectivity index (χ2n) is 2.10. The minimum absolute atomic E-state index is 0. The average Bonchev–Trinajstić information content (AvgIpc) is 1.68. The summed E-state index contributed by atoms with van der Waals surface area (Å²) in [4.78, 5) is 0. The molecule has 1 atom stereocenters. The Morgan fingerprint density at radius 1 is 1.50 bits per heavy atom. The van der Waals surface area contributed by atoms with Crippen LogP contribution in [0.25, 0.3) is 0 Å². The van der Waals surface area contributed by atoms with Gasteiger partial charge < -0.3 is 6.42 Å². The third kappa shape index (κ3) is 7.00. The Balaban J connectivity index is 0. The van der Waals surface area contributed by atoms with Crippen LogP contribution in [0.5, 0.6) is 0 Å². The van der Waals surface area contributed by atoms with Crippen molar-refractivity contribution >= 4 is 0 Å². The Hall–Kier alpha value is 1.00. The van der Waals surface area contributed by atoms with Crippen LogP contribution in [0.4, 0.5) is 0 Å². The van der Waals surface area contributed by atoms with Gasteiger partial charge in [-0.05, 0) is 0 Å². The van der Waals surface area contributed by atoms with Crippen LogP contribution in [0.15, 0.2) is 0 Å². The van der Waals surface area contributed by atoms with Crippen LogP contribution in [0.2, 0.25) is 0 Å². The molecule has 0 fully saturated rings. The van der Waals surface area contributed by atoms with E-state index in [0.29, 0.717) is 0 Å². The normalized spacial score (nSPS) is 12.4. The molecule has 0 radical (unpaired) electrons. The van der Waals surface area contributed by atoms with Crippen LogP contribution in [-0.2, 0) is 0 Å². The van der Waals surface area contributed by atoms with E-state index in [4.69, 9.17) is 0 Å². The summed E-state index contributed by atoms with van der Waals surface area (Å²) in [5.74, 6) is 0.824. The van der Waals surface area contributed by atoms with Gasteiger partial charge in [-0.25, -0.2) is 0 Å². The van der Waals surface area contributed by atoms with Crippen LogP contribution < -0.4 is 29.6 Å². The van der Waals surface area contributed by atoms with Crippen molar-refractivity contribution in [1.29, 1.82) is 0 Å². The van der Waals surface area contributed by atoms with E-state index in [-0.39, 0.29) is 29.6 Å². The third-order valence-corrected chi connectivity index (χ3v) is 1.31. The molecule has 0 heterocycles. The zero-order chi connectivity index (χ0) is 5.70. The van der Waals surface area contributed by atoms with E-state index in [1.165, 1.54) is 12.8 Å². The molecule has 0 bridgehead atoms. The van der Waals surface area contributed by atoms with Crippen molar-refractivity contribution in [3.63, 3.8) is 0 Å². The molecule has 0 nitrogen and oxygen atoms in total. The first-order valence-electron chi connectivity index (χ1n) is 3.10. The number of rotatable bonds is 3. The molecule has 0 aromatic heterocycles. The molecule has 0 aliphatic rings. The number of hydrogen-bond acceptors (Lipinski definition) is 0. The Morgan fingerprint density at radius 2 is 2.00 bits per heavy atom. The summed E-state index contributed by atoms with van der Waals surface area (Å²) in [5, 5.41) is 0. The zero-order valence-electron chi connectivity index (χ0n) is 6.57. The third-order valence-electron chi connectivity index (χ3n) is 1.31. The summed E-state index contributed by atoms with van der Waals surface area (Å²) in [6, 6.07) is 0. The molecule has 0 spiro atoms. The van der Waals surface area contributed by atoms with Gasteiger partial charge in [0, 0.05) is 0 Å². The molecule has 44 valence electrons. The van der Waals surface area contributed by atoms with Crippen molar-refractivity contribution in [2.24, 2.45) is 5.92 Å². The van der Waals surface area contributed by atoms with Gasteiger partial charge in [-0.1, -0.05) is 26.7 Å². The van der Waals surface area contributed by atoms with Crippen LogP contribution in [0, 0.1) is 12.3 Å². The van der Waals surface area contributed by atoms with E-state index in [9.17, 15) is 0 Å². The van der Waals surface area contributed by atoms with Crippen molar-refractivity contribution < 1.29 is 29.6 Å². The molecule has 0 amide bonds. The van der Waals surface area contributed by atoms with E-state index in [1.807, 2.05) is 0 Å². The van der Waals surface area contributed by atoms with E-state index in [2.05, 4.69) is 27.2 Å². The summed E-state index contributed by atoms with van der Waals surface area (Å²) >= 11 is 0. The van der Waals surface area contributed by atoms with Crippen molar-refractivity contribution in [3.05, 3.63) is 6.42 Å². The van der Waals surface area contributed by atoms with Gasteiger partial charge in [0.15, 0.2) is 0 Å². The van der Waals surface area contributed by atoms with Crippen molar-refractivity contribution in [1.82, 2.24) is 0 Å². The Morgan fingerprint density at radius 3 is 2.12 bits per heavy atom. The van der Waals surface area contributed by atoms with Gasteiger partial charge in [-0.2, -0.15) is 12.8 Å². The molecule has 0 N–H and O–H groups in total. The van der Waals surface area contributed by atoms with Gasteiger partial charge in [0.05, 0.1) is 0 Å². The molecule has 1 unspecified atom stereocenters. The molecule has 0 aliphatic heterocycles. The summed E-state index contributed by atoms with van der Waals surface area (Å²) in [7, 11) is 0. The van der Waals surface area contributed by atoms with Crippen molar-refractivity contribution in [3.8, 4) is 0 Å². The fourth-order valence-corrected chi connectivity index (χ4v) is 0.622. The molecular formula is C7H15Na. The van der Waals surface area contributed by atoms with Crippen LogP contribution in [0.3, 0.4) is 0 Å². The molecule has 8 heavy (non-hydrogen) atoms. The minimum Gasteiger partial charge on any atom is -0.329 e. The first kappa shape index (κ1) is 11.8. The van der Waals surface area contributed by atoms with E-state index in [1.54, 1.807) is 0 Å². The molecule has 0 rings (SSSR count). The second-order valence-corrected chi connectivity index (χ2v) is 2.10. The molecule has 1 heteroatoms. The van der Waals surface area contributed by atoms with Gasteiger partial charge in [-0.3, -0.25) is 0 Å². The SMILES string of the molecule is C[CH-]C(C)CCC.[Na+]. The smallest absolute Gasteiger partial charge is 0.329 e. The molecular weight excluding hydrogens is 107 g/mol. The first-order chi connectivity index (χ1) is 3.31. The van der Waals surface area contributed by atoms with Crippen molar-refractivity contribution in [2.45, 2.75) is 33.6 Å². The standard InChI is InChI=1S/C7H15.Na/c1-4-6-7(3)5-2;/h5,7H,4,6H2,1-3H3;/q-1;+1. The summed E-state index contributed by atoms with van der Waals surface area (Å²) < 4.78 is 0. The number of hydrogen-bond donors (Lipinski definition) is 0. The van der Waals surface area contributed by atoms with E-state index in [0.717, 1.165) is 5.92 Å². The predicted octanol–water partition coefficient (Wildman–Crippen LogP) is -0.349. The largest absolute Gasteiger partial charge is 1.00 e. The summed E-state index contributed by atoms with van der Waals surface area (Å²) in [6.07, 6.45) is 4.91. The van der Waals surface area contributed by atoms with Gasteiger partial charge >= 0.3 is 29.6 Å². The summed E-state index contributed by atoms with van der Waals surface area (Å²) in [6.45, 7) is 6.60. The second kappa shape index (κ2) is 8.00. The van der Waals surface area contributed by atoms with E-state index >= 15 is 0 Å². The monoisotopic (exact) mass is 122 g/mol. The Kier molecular flexibility index (Phi) is 11.8. The molecule has 0 saturated heterocycles. The van der Waals surface area contributed by atoms with Crippen LogP contribution >= 0.6 is 0 Å². The fourth-order valence-electron chi connectivity index (χ4n) is 0.622.